The lowest BCUT2D eigenvalue weighted by Gasteiger charge is -2.37. The molecular formula is C36H34. The van der Waals surface area contributed by atoms with E-state index in [2.05, 4.69) is 166 Å². The Kier molecular flexibility index (Phi) is 6.61. The molecule has 0 radical (unpaired) electrons. The van der Waals surface area contributed by atoms with E-state index in [1.165, 1.54) is 33.4 Å². The highest BCUT2D eigenvalue weighted by Crippen LogP contribution is 2.46. The molecule has 0 amide bonds. The predicted molar refractivity (Wildman–Crippen MR) is 152 cm³/mol. The van der Waals surface area contributed by atoms with Crippen LogP contribution in [-0.4, -0.2) is 0 Å². The first-order valence-electron chi connectivity index (χ1n) is 12.8. The van der Waals surface area contributed by atoms with Crippen LogP contribution in [0.3, 0.4) is 0 Å². The monoisotopic (exact) mass is 466 g/mol. The van der Waals surface area contributed by atoms with Gasteiger partial charge in [0.25, 0.3) is 0 Å². The second-order valence-corrected chi connectivity index (χ2v) is 10.7. The van der Waals surface area contributed by atoms with Gasteiger partial charge in [-0.3, -0.25) is 0 Å². The second-order valence-electron chi connectivity index (χ2n) is 10.7. The summed E-state index contributed by atoms with van der Waals surface area (Å²) in [6.07, 6.45) is 0. The highest BCUT2D eigenvalue weighted by atomic mass is 14.4. The van der Waals surface area contributed by atoms with Crippen molar-refractivity contribution in [3.63, 3.8) is 0 Å². The quantitative estimate of drug-likeness (QED) is 0.219. The summed E-state index contributed by atoms with van der Waals surface area (Å²) >= 11 is 0. The summed E-state index contributed by atoms with van der Waals surface area (Å²) in [5.41, 5.74) is 7.47. The van der Waals surface area contributed by atoms with Crippen LogP contribution in [0.4, 0.5) is 0 Å². The fourth-order valence-corrected chi connectivity index (χ4v) is 5.83. The van der Waals surface area contributed by atoms with Crippen molar-refractivity contribution in [3.05, 3.63) is 179 Å². The Balaban J connectivity index is 1.74. The van der Waals surface area contributed by atoms with Gasteiger partial charge in [-0.2, -0.15) is 0 Å². The van der Waals surface area contributed by atoms with Crippen molar-refractivity contribution in [1.29, 1.82) is 0 Å². The van der Waals surface area contributed by atoms with Crippen molar-refractivity contribution in [1.82, 2.24) is 0 Å². The molecule has 0 N–H and O–H groups in total. The first-order chi connectivity index (χ1) is 17.5. The topological polar surface area (TPSA) is 0 Å². The van der Waals surface area contributed by atoms with Crippen LogP contribution in [-0.2, 0) is 5.41 Å². The van der Waals surface area contributed by atoms with Crippen molar-refractivity contribution in [3.8, 4) is 0 Å². The molecule has 0 aliphatic heterocycles. The molecule has 36 heavy (non-hydrogen) atoms. The molecule has 0 spiro atoms. The molecule has 5 rings (SSSR count). The van der Waals surface area contributed by atoms with E-state index in [1.807, 2.05) is 0 Å². The Morgan fingerprint density at radius 3 is 1.03 bits per heavy atom. The van der Waals surface area contributed by atoms with Gasteiger partial charge in [-0.15, -0.1) is 0 Å². The van der Waals surface area contributed by atoms with Crippen LogP contribution in [0.5, 0.6) is 0 Å². The lowest BCUT2D eigenvalue weighted by atomic mass is 9.64. The maximum Gasteiger partial charge on any atom is 0.0701 e. The van der Waals surface area contributed by atoms with Crippen LogP contribution in [0, 0.1) is 5.41 Å². The van der Waals surface area contributed by atoms with Crippen LogP contribution < -0.4 is 0 Å². The molecule has 0 saturated heterocycles. The van der Waals surface area contributed by atoms with Gasteiger partial charge in [-0.25, -0.2) is 0 Å². The largest absolute Gasteiger partial charge is 0.0701 e. The summed E-state index contributed by atoms with van der Waals surface area (Å²) in [4.78, 5) is 0. The van der Waals surface area contributed by atoms with Gasteiger partial charge in [0.15, 0.2) is 0 Å². The molecule has 0 aliphatic carbocycles. The van der Waals surface area contributed by atoms with Gasteiger partial charge >= 0.3 is 0 Å². The molecule has 0 heteroatoms. The molecule has 1 unspecified atom stereocenters. The molecule has 0 bridgehead atoms. The minimum absolute atomic E-state index is 0.0955. The Bertz CT molecular complexity index is 1260. The van der Waals surface area contributed by atoms with E-state index in [0.717, 1.165) is 0 Å². The minimum Gasteiger partial charge on any atom is -0.0622 e. The molecule has 0 aliphatic rings. The van der Waals surface area contributed by atoms with Gasteiger partial charge in [-0.1, -0.05) is 166 Å². The second kappa shape index (κ2) is 9.99. The van der Waals surface area contributed by atoms with E-state index in [1.54, 1.807) is 0 Å². The van der Waals surface area contributed by atoms with Crippen molar-refractivity contribution in [2.45, 2.75) is 32.1 Å². The highest BCUT2D eigenvalue weighted by molar-refractivity contribution is 5.60. The average molecular weight is 467 g/mol. The van der Waals surface area contributed by atoms with Gasteiger partial charge < -0.3 is 0 Å². The summed E-state index contributed by atoms with van der Waals surface area (Å²) in [6, 6.07) is 53.0. The number of hydrogen-bond acceptors (Lipinski definition) is 0. The SMILES string of the molecule is CC(C)(C)C(c1ccccc1)c1ccc(C(c2ccccc2)(c2ccccc2)c2ccccc2)cc1. The minimum atomic E-state index is -0.410. The molecular weight excluding hydrogens is 432 g/mol. The highest BCUT2D eigenvalue weighted by Gasteiger charge is 2.38. The van der Waals surface area contributed by atoms with E-state index < -0.39 is 5.41 Å². The van der Waals surface area contributed by atoms with E-state index in [0.29, 0.717) is 5.92 Å². The Labute approximate surface area is 216 Å². The number of hydrogen-bond donors (Lipinski definition) is 0. The molecule has 0 fully saturated rings. The zero-order chi connectivity index (χ0) is 25.0. The van der Waals surface area contributed by atoms with Gasteiger partial charge in [-0.05, 0) is 38.8 Å². The van der Waals surface area contributed by atoms with Crippen LogP contribution in [0.2, 0.25) is 0 Å². The maximum atomic E-state index is 2.35. The summed E-state index contributed by atoms with van der Waals surface area (Å²) in [6.45, 7) is 7.00. The third-order valence-corrected chi connectivity index (χ3v) is 7.30. The smallest absolute Gasteiger partial charge is 0.0622 e. The molecule has 5 aromatic rings. The lowest BCUT2D eigenvalue weighted by molar-refractivity contribution is 0.358. The van der Waals surface area contributed by atoms with Crippen molar-refractivity contribution >= 4 is 0 Å². The fourth-order valence-electron chi connectivity index (χ4n) is 5.83. The van der Waals surface area contributed by atoms with E-state index in [9.17, 15) is 0 Å². The van der Waals surface area contributed by atoms with Gasteiger partial charge in [0.2, 0.25) is 0 Å². The standard InChI is InChI=1S/C36H34/c1-35(2,3)34(28-16-8-4-9-17-28)29-24-26-33(27-25-29)36(30-18-10-5-11-19-30,31-20-12-6-13-21-31)32-22-14-7-15-23-32/h4-27,34H,1-3H3. The normalized spacial score (nSPS) is 12.8. The first kappa shape index (κ1) is 23.8. The summed E-state index contributed by atoms with van der Waals surface area (Å²) in [7, 11) is 0. The van der Waals surface area contributed by atoms with E-state index in [4.69, 9.17) is 0 Å². The number of benzene rings is 5. The molecule has 5 aromatic carbocycles. The molecule has 178 valence electrons. The third-order valence-electron chi connectivity index (χ3n) is 7.30. The van der Waals surface area contributed by atoms with Gasteiger partial charge in [0.05, 0.1) is 5.41 Å². The summed E-state index contributed by atoms with van der Waals surface area (Å²) < 4.78 is 0. The van der Waals surface area contributed by atoms with Gasteiger partial charge in [0.1, 0.15) is 0 Å². The van der Waals surface area contributed by atoms with Crippen molar-refractivity contribution < 1.29 is 0 Å². The number of rotatable bonds is 6. The van der Waals surface area contributed by atoms with Crippen LogP contribution in [0.1, 0.15) is 60.1 Å². The van der Waals surface area contributed by atoms with Crippen molar-refractivity contribution in [2.75, 3.05) is 0 Å². The Morgan fingerprint density at radius 1 is 0.361 bits per heavy atom. The van der Waals surface area contributed by atoms with Crippen LogP contribution >= 0.6 is 0 Å². The molecule has 0 heterocycles. The average Bonchev–Trinajstić information content (AvgIpc) is 2.92. The summed E-state index contributed by atoms with van der Waals surface area (Å²) in [5.74, 6) is 0.312. The fraction of sp³-hybridized carbons (Fsp3) is 0.167. The maximum absolute atomic E-state index is 2.35. The van der Waals surface area contributed by atoms with Crippen LogP contribution in [0.25, 0.3) is 0 Å². The first-order valence-corrected chi connectivity index (χ1v) is 12.8. The molecule has 1 atom stereocenters. The van der Waals surface area contributed by atoms with E-state index >= 15 is 0 Å². The lowest BCUT2D eigenvalue weighted by Crippen LogP contribution is -2.31. The third kappa shape index (κ3) is 4.40. The van der Waals surface area contributed by atoms with Gasteiger partial charge in [0, 0.05) is 5.92 Å². The summed E-state index contributed by atoms with van der Waals surface area (Å²) in [5, 5.41) is 0. The van der Waals surface area contributed by atoms with Crippen LogP contribution in [0.15, 0.2) is 146 Å². The predicted octanol–water partition coefficient (Wildman–Crippen LogP) is 9.25. The van der Waals surface area contributed by atoms with E-state index in [-0.39, 0.29) is 5.41 Å². The zero-order valence-electron chi connectivity index (χ0n) is 21.4. The molecule has 0 nitrogen and oxygen atoms in total. The Morgan fingerprint density at radius 2 is 0.667 bits per heavy atom. The Hall–Kier alpha value is -3.90. The van der Waals surface area contributed by atoms with Crippen molar-refractivity contribution in [2.24, 2.45) is 5.41 Å². The molecule has 0 aromatic heterocycles. The zero-order valence-corrected chi connectivity index (χ0v) is 21.4. The molecule has 0 saturated carbocycles.